The number of hydrogen-bond donors (Lipinski definition) is 3. The third-order valence-corrected chi connectivity index (χ3v) is 1.42. The molecule has 0 spiro atoms. The van der Waals surface area contributed by atoms with E-state index in [9.17, 15) is 9.59 Å². The lowest BCUT2D eigenvalue weighted by Crippen LogP contribution is -2.21. The first-order valence-electron chi connectivity index (χ1n) is 3.92. The van der Waals surface area contributed by atoms with Crippen LogP contribution in [0.15, 0.2) is 12.4 Å². The highest BCUT2D eigenvalue weighted by Gasteiger charge is 2.03. The van der Waals surface area contributed by atoms with E-state index in [1.165, 1.54) is 17.1 Å². The molecular weight excluding hydrogens is 186 g/mol. The van der Waals surface area contributed by atoms with Crippen LogP contribution < -0.4 is 16.8 Å². The minimum atomic E-state index is -0.496. The molecule has 1 heterocycles. The molecular formula is C7H11N5O2. The Hall–Kier alpha value is -1.89. The van der Waals surface area contributed by atoms with Crippen molar-refractivity contribution in [3.8, 4) is 0 Å². The number of hydrogen-bond acceptors (Lipinski definition) is 4. The van der Waals surface area contributed by atoms with Gasteiger partial charge in [0, 0.05) is 6.20 Å². The van der Waals surface area contributed by atoms with Crippen molar-refractivity contribution < 1.29 is 9.59 Å². The van der Waals surface area contributed by atoms with Gasteiger partial charge in [0.1, 0.15) is 6.54 Å². The van der Waals surface area contributed by atoms with Crippen LogP contribution in [0.5, 0.6) is 0 Å². The van der Waals surface area contributed by atoms with Gasteiger partial charge in [0.25, 0.3) is 0 Å². The Morgan fingerprint density at radius 2 is 2.29 bits per heavy atom. The van der Waals surface area contributed by atoms with Crippen LogP contribution in [-0.4, -0.2) is 28.1 Å². The number of carbonyl (C=O) groups excluding carboxylic acids is 2. The highest BCUT2D eigenvalue weighted by Crippen LogP contribution is 2.03. The molecule has 0 saturated heterocycles. The number of aromatic nitrogens is 2. The molecule has 0 aliphatic rings. The Bertz CT molecular complexity index is 346. The first kappa shape index (κ1) is 10.2. The van der Waals surface area contributed by atoms with Crippen molar-refractivity contribution in [1.29, 1.82) is 0 Å². The fourth-order valence-corrected chi connectivity index (χ4v) is 0.886. The summed E-state index contributed by atoms with van der Waals surface area (Å²) in [7, 11) is 0. The first-order chi connectivity index (χ1) is 6.61. The van der Waals surface area contributed by atoms with Gasteiger partial charge in [-0.2, -0.15) is 5.10 Å². The topological polar surface area (TPSA) is 116 Å². The fraction of sp³-hybridized carbons (Fsp3) is 0.286. The van der Waals surface area contributed by atoms with E-state index >= 15 is 0 Å². The van der Waals surface area contributed by atoms with Crippen molar-refractivity contribution >= 4 is 17.5 Å². The van der Waals surface area contributed by atoms with Gasteiger partial charge in [-0.15, -0.1) is 0 Å². The Morgan fingerprint density at radius 3 is 2.86 bits per heavy atom. The van der Waals surface area contributed by atoms with Crippen molar-refractivity contribution in [3.63, 3.8) is 0 Å². The Balaban J connectivity index is 2.59. The first-order valence-corrected chi connectivity index (χ1v) is 3.92. The van der Waals surface area contributed by atoms with Crippen molar-refractivity contribution in [1.82, 2.24) is 9.78 Å². The molecule has 0 saturated carbocycles. The number of carbonyl (C=O) groups is 2. The zero-order valence-corrected chi connectivity index (χ0v) is 7.43. The van der Waals surface area contributed by atoms with E-state index in [-0.39, 0.29) is 19.0 Å². The average Bonchev–Trinajstić information content (AvgIpc) is 2.51. The van der Waals surface area contributed by atoms with Gasteiger partial charge in [0.05, 0.1) is 18.4 Å². The SMILES string of the molecule is NCC(=O)Nc1cnn(CC(N)=O)c1. The smallest absolute Gasteiger partial charge is 0.239 e. The maximum Gasteiger partial charge on any atom is 0.239 e. The molecule has 0 aliphatic heterocycles. The van der Waals surface area contributed by atoms with E-state index in [0.29, 0.717) is 5.69 Å². The highest BCUT2D eigenvalue weighted by atomic mass is 16.2. The zero-order chi connectivity index (χ0) is 10.6. The van der Waals surface area contributed by atoms with Gasteiger partial charge in [0.15, 0.2) is 0 Å². The number of rotatable bonds is 4. The fourth-order valence-electron chi connectivity index (χ4n) is 0.886. The second-order valence-corrected chi connectivity index (χ2v) is 2.65. The van der Waals surface area contributed by atoms with Gasteiger partial charge in [-0.25, -0.2) is 0 Å². The average molecular weight is 197 g/mol. The summed E-state index contributed by atoms with van der Waals surface area (Å²) in [6, 6.07) is 0. The van der Waals surface area contributed by atoms with Crippen LogP contribution in [0.3, 0.4) is 0 Å². The van der Waals surface area contributed by atoms with Gasteiger partial charge in [0.2, 0.25) is 11.8 Å². The summed E-state index contributed by atoms with van der Waals surface area (Å²) in [5, 5.41) is 6.29. The summed E-state index contributed by atoms with van der Waals surface area (Å²) in [6.07, 6.45) is 2.91. The van der Waals surface area contributed by atoms with Gasteiger partial charge >= 0.3 is 0 Å². The summed E-state index contributed by atoms with van der Waals surface area (Å²) in [5.41, 5.74) is 10.5. The lowest BCUT2D eigenvalue weighted by molar-refractivity contribution is -0.118. The molecule has 0 aromatic carbocycles. The number of nitrogens with two attached hydrogens (primary N) is 2. The number of primary amides is 1. The Labute approximate surface area is 80.1 Å². The summed E-state index contributed by atoms with van der Waals surface area (Å²) in [4.78, 5) is 21.4. The third-order valence-electron chi connectivity index (χ3n) is 1.42. The van der Waals surface area contributed by atoms with E-state index in [4.69, 9.17) is 11.5 Å². The summed E-state index contributed by atoms with van der Waals surface area (Å²) in [6.45, 7) is -0.112. The molecule has 0 fully saturated rings. The molecule has 0 unspecified atom stereocenters. The molecule has 1 aromatic heterocycles. The van der Waals surface area contributed by atoms with Crippen LogP contribution in [0.2, 0.25) is 0 Å². The lowest BCUT2D eigenvalue weighted by atomic mass is 10.5. The van der Waals surface area contributed by atoms with E-state index in [0.717, 1.165) is 0 Å². The molecule has 0 radical (unpaired) electrons. The lowest BCUT2D eigenvalue weighted by Gasteiger charge is -1.97. The number of amides is 2. The summed E-state index contributed by atoms with van der Waals surface area (Å²) < 4.78 is 1.33. The van der Waals surface area contributed by atoms with Crippen LogP contribution in [0.25, 0.3) is 0 Å². The number of nitrogens with zero attached hydrogens (tertiary/aromatic N) is 2. The second kappa shape index (κ2) is 4.38. The quantitative estimate of drug-likeness (QED) is 0.531. The molecule has 7 nitrogen and oxygen atoms in total. The zero-order valence-electron chi connectivity index (χ0n) is 7.43. The molecule has 2 amide bonds. The Kier molecular flexibility index (Phi) is 3.19. The van der Waals surface area contributed by atoms with Crippen LogP contribution in [0, 0.1) is 0 Å². The van der Waals surface area contributed by atoms with Crippen LogP contribution >= 0.6 is 0 Å². The predicted molar refractivity (Wildman–Crippen MR) is 49.1 cm³/mol. The van der Waals surface area contributed by atoms with Gasteiger partial charge in [-0.3, -0.25) is 14.3 Å². The largest absolute Gasteiger partial charge is 0.368 e. The molecule has 0 bridgehead atoms. The minimum absolute atomic E-state index is 0.0154. The number of anilines is 1. The van der Waals surface area contributed by atoms with Gasteiger partial charge in [-0.1, -0.05) is 0 Å². The third kappa shape index (κ3) is 2.87. The molecule has 1 rings (SSSR count). The normalized spacial score (nSPS) is 9.79. The molecule has 1 aromatic rings. The summed E-state index contributed by atoms with van der Waals surface area (Å²) >= 11 is 0. The van der Waals surface area contributed by atoms with Crippen molar-refractivity contribution in [3.05, 3.63) is 12.4 Å². The van der Waals surface area contributed by atoms with Crippen molar-refractivity contribution in [2.45, 2.75) is 6.54 Å². The molecule has 76 valence electrons. The highest BCUT2D eigenvalue weighted by molar-refractivity contribution is 5.91. The standard InChI is InChI=1S/C7H11N5O2/c8-1-7(14)11-5-2-10-12(3-5)4-6(9)13/h2-3H,1,4,8H2,(H2,9,13)(H,11,14). The van der Waals surface area contributed by atoms with Crippen LogP contribution in [-0.2, 0) is 16.1 Å². The van der Waals surface area contributed by atoms with Crippen molar-refractivity contribution in [2.75, 3.05) is 11.9 Å². The molecule has 0 atom stereocenters. The maximum atomic E-state index is 10.8. The van der Waals surface area contributed by atoms with Gasteiger partial charge < -0.3 is 16.8 Å². The molecule has 14 heavy (non-hydrogen) atoms. The molecule has 0 aliphatic carbocycles. The Morgan fingerprint density at radius 1 is 1.57 bits per heavy atom. The number of nitrogens with one attached hydrogen (secondary N) is 1. The van der Waals surface area contributed by atoms with Gasteiger partial charge in [-0.05, 0) is 0 Å². The monoisotopic (exact) mass is 197 g/mol. The second-order valence-electron chi connectivity index (χ2n) is 2.65. The van der Waals surface area contributed by atoms with E-state index < -0.39 is 5.91 Å². The van der Waals surface area contributed by atoms with E-state index in [1.807, 2.05) is 0 Å². The molecule has 5 N–H and O–H groups in total. The minimum Gasteiger partial charge on any atom is -0.368 e. The maximum absolute atomic E-state index is 10.8. The summed E-state index contributed by atoms with van der Waals surface area (Å²) in [5.74, 6) is -0.812. The predicted octanol–water partition coefficient (Wildman–Crippen LogP) is -1.73. The van der Waals surface area contributed by atoms with Crippen molar-refractivity contribution in [2.24, 2.45) is 11.5 Å². The molecule has 7 heteroatoms. The van der Waals surface area contributed by atoms with E-state index in [2.05, 4.69) is 10.4 Å². The van der Waals surface area contributed by atoms with Crippen LogP contribution in [0.4, 0.5) is 5.69 Å². The van der Waals surface area contributed by atoms with E-state index in [1.54, 1.807) is 0 Å². The van der Waals surface area contributed by atoms with Crippen LogP contribution in [0.1, 0.15) is 0 Å².